The van der Waals surface area contributed by atoms with Crippen LogP contribution < -0.4 is 0 Å². The summed E-state index contributed by atoms with van der Waals surface area (Å²) in [6.07, 6.45) is -2.92. The number of allylic oxidation sites excluding steroid dienone is 4. The Labute approximate surface area is 222 Å². The van der Waals surface area contributed by atoms with Crippen LogP contribution in [0.15, 0.2) is 52.2 Å². The predicted molar refractivity (Wildman–Crippen MR) is 134 cm³/mol. The van der Waals surface area contributed by atoms with Gasteiger partial charge in [0.05, 0.1) is 6.54 Å². The maximum Gasteiger partial charge on any atom is 0.456 e. The lowest BCUT2D eigenvalue weighted by molar-refractivity contribution is -0.362. The van der Waals surface area contributed by atoms with Crippen LogP contribution in [-0.4, -0.2) is 35.1 Å². The van der Waals surface area contributed by atoms with Gasteiger partial charge in [0.25, 0.3) is 0 Å². The van der Waals surface area contributed by atoms with E-state index in [1.165, 1.54) is 6.92 Å². The molecule has 2 saturated carbocycles. The number of carbonyl (C=O) groups excluding carboxylic acids is 1. The fourth-order valence-corrected chi connectivity index (χ4v) is 7.72. The summed E-state index contributed by atoms with van der Waals surface area (Å²) >= 11 is 0. The molecule has 5 atom stereocenters. The van der Waals surface area contributed by atoms with E-state index in [0.717, 1.165) is 22.3 Å². The molecular weight excluding hydrogens is 517 g/mol. The van der Waals surface area contributed by atoms with Crippen LogP contribution in [-0.2, 0) is 4.79 Å². The van der Waals surface area contributed by atoms with Gasteiger partial charge in [0, 0.05) is 28.2 Å². The maximum atomic E-state index is 15.0. The maximum absolute atomic E-state index is 15.0. The molecule has 5 rings (SSSR count). The number of alkyl halides is 5. The molecule has 206 valence electrons. The van der Waals surface area contributed by atoms with Gasteiger partial charge in [0.2, 0.25) is 0 Å². The lowest BCUT2D eigenvalue weighted by Gasteiger charge is -2.56. The summed E-state index contributed by atoms with van der Waals surface area (Å²) in [5.74, 6) is -0.939. The molecule has 0 aliphatic heterocycles. The molecule has 2 unspecified atom stereocenters. The molecule has 4 aliphatic carbocycles. The van der Waals surface area contributed by atoms with Crippen molar-refractivity contribution in [2.24, 2.45) is 22.4 Å². The molecule has 0 saturated heterocycles. The summed E-state index contributed by atoms with van der Waals surface area (Å²) < 4.78 is 71.1. The van der Waals surface area contributed by atoms with E-state index in [1.807, 2.05) is 0 Å². The zero-order valence-corrected chi connectivity index (χ0v) is 21.4. The van der Waals surface area contributed by atoms with Crippen LogP contribution in [0.25, 0.3) is 10.4 Å². The van der Waals surface area contributed by atoms with E-state index in [1.54, 1.807) is 30.3 Å². The number of aliphatic hydroxyl groups is 1. The first-order valence-electron chi connectivity index (χ1n) is 13.1. The SMILES string of the molecule is C[C@]12C[C@H](c3ccc(C#CCN=[N+]=[N-])cc3)C3=C4CCC(=O)C=C4CCC3C1CC[C@@]2(O)C(F)(F)C(F)(F)F. The minimum absolute atomic E-state index is 0.00161. The smallest absolute Gasteiger partial charge is 0.383 e. The van der Waals surface area contributed by atoms with Crippen LogP contribution in [0.1, 0.15) is 68.9 Å². The highest BCUT2D eigenvalue weighted by molar-refractivity contribution is 5.93. The molecule has 5 nitrogen and oxygen atoms in total. The molecule has 0 bridgehead atoms. The largest absolute Gasteiger partial charge is 0.456 e. The number of benzene rings is 1. The number of rotatable bonds is 3. The van der Waals surface area contributed by atoms with Gasteiger partial charge in [-0.1, -0.05) is 41.6 Å². The van der Waals surface area contributed by atoms with Gasteiger partial charge in [-0.2, -0.15) is 22.0 Å². The Hall–Kier alpha value is -3.15. The quantitative estimate of drug-likeness (QED) is 0.143. The standard InChI is InChI=1S/C29H28F5N3O2/c1-26-16-23(18-6-4-17(5-7-18)3-2-14-36-37-35)25-21-11-9-20(38)15-19(21)8-10-22(25)24(26)12-13-27(26,39)28(30,31)29(32,33)34/h4-7,15,22-24,39H,8-14,16H2,1H3/t22?,23-,24?,26+,27+/m1/s1. The van der Waals surface area contributed by atoms with Crippen molar-refractivity contribution in [3.63, 3.8) is 0 Å². The summed E-state index contributed by atoms with van der Waals surface area (Å²) in [6.45, 7) is 1.41. The van der Waals surface area contributed by atoms with Gasteiger partial charge in [-0.3, -0.25) is 4.79 Å². The molecule has 1 aromatic carbocycles. The van der Waals surface area contributed by atoms with Crippen molar-refractivity contribution in [1.29, 1.82) is 0 Å². The Morgan fingerprint density at radius 2 is 1.85 bits per heavy atom. The molecule has 1 aromatic rings. The Bertz CT molecular complexity index is 1360. The number of ketones is 1. The Morgan fingerprint density at radius 1 is 1.13 bits per heavy atom. The molecule has 10 heteroatoms. The second-order valence-electron chi connectivity index (χ2n) is 11.3. The Kier molecular flexibility index (Phi) is 6.68. The van der Waals surface area contributed by atoms with E-state index in [-0.39, 0.29) is 31.1 Å². The third kappa shape index (κ3) is 4.18. The molecule has 0 aromatic heterocycles. The second-order valence-corrected chi connectivity index (χ2v) is 11.3. The number of halogens is 5. The molecular formula is C29H28F5N3O2. The molecule has 0 amide bonds. The van der Waals surface area contributed by atoms with Crippen LogP contribution in [0.3, 0.4) is 0 Å². The van der Waals surface area contributed by atoms with Crippen LogP contribution >= 0.6 is 0 Å². The summed E-state index contributed by atoms with van der Waals surface area (Å²) in [6, 6.07) is 7.06. The average molecular weight is 546 g/mol. The lowest BCUT2D eigenvalue weighted by Crippen LogP contribution is -2.65. The molecule has 0 spiro atoms. The van der Waals surface area contributed by atoms with Gasteiger partial charge in [-0.05, 0) is 90.8 Å². The van der Waals surface area contributed by atoms with Crippen molar-refractivity contribution in [3.8, 4) is 11.8 Å². The average Bonchev–Trinajstić information content (AvgIpc) is 3.17. The molecule has 2 fully saturated rings. The number of hydrogen-bond donors (Lipinski definition) is 1. The fourth-order valence-electron chi connectivity index (χ4n) is 7.72. The number of nitrogens with zero attached hydrogens (tertiary/aromatic N) is 3. The number of carbonyl (C=O) groups is 1. The number of hydrogen-bond acceptors (Lipinski definition) is 3. The lowest BCUT2D eigenvalue weighted by atomic mass is 9.50. The highest BCUT2D eigenvalue weighted by Crippen LogP contribution is 2.70. The topological polar surface area (TPSA) is 86.1 Å². The van der Waals surface area contributed by atoms with E-state index in [9.17, 15) is 23.1 Å². The highest BCUT2D eigenvalue weighted by atomic mass is 19.4. The van der Waals surface area contributed by atoms with Crippen molar-refractivity contribution in [2.75, 3.05) is 6.54 Å². The highest BCUT2D eigenvalue weighted by Gasteiger charge is 2.79. The molecule has 0 heterocycles. The van der Waals surface area contributed by atoms with E-state index < -0.39 is 41.4 Å². The van der Waals surface area contributed by atoms with Crippen LogP contribution in [0, 0.1) is 29.1 Å². The third-order valence-corrected chi connectivity index (χ3v) is 9.52. The Morgan fingerprint density at radius 3 is 2.51 bits per heavy atom. The summed E-state index contributed by atoms with van der Waals surface area (Å²) in [7, 11) is 0. The van der Waals surface area contributed by atoms with E-state index in [4.69, 9.17) is 5.53 Å². The van der Waals surface area contributed by atoms with Gasteiger partial charge in [-0.15, -0.1) is 0 Å². The minimum Gasteiger partial charge on any atom is -0.383 e. The molecule has 4 aliphatic rings. The summed E-state index contributed by atoms with van der Waals surface area (Å²) in [4.78, 5) is 14.8. The first-order chi connectivity index (χ1) is 18.3. The van der Waals surface area contributed by atoms with Crippen LogP contribution in [0.4, 0.5) is 22.0 Å². The zero-order chi connectivity index (χ0) is 28.2. The van der Waals surface area contributed by atoms with Crippen molar-refractivity contribution in [1.82, 2.24) is 0 Å². The van der Waals surface area contributed by atoms with Crippen molar-refractivity contribution in [3.05, 3.63) is 68.6 Å². The monoisotopic (exact) mass is 545 g/mol. The predicted octanol–water partition coefficient (Wildman–Crippen LogP) is 7.18. The van der Waals surface area contributed by atoms with E-state index in [2.05, 4.69) is 21.9 Å². The van der Waals surface area contributed by atoms with Crippen molar-refractivity contribution < 1.29 is 31.9 Å². The normalized spacial score (nSPS) is 32.2. The molecule has 0 radical (unpaired) electrons. The van der Waals surface area contributed by atoms with E-state index in [0.29, 0.717) is 31.2 Å². The summed E-state index contributed by atoms with van der Waals surface area (Å²) in [5, 5.41) is 14.7. The van der Waals surface area contributed by atoms with Gasteiger partial charge in [0.1, 0.15) is 5.60 Å². The first-order valence-corrected chi connectivity index (χ1v) is 13.1. The van der Waals surface area contributed by atoms with E-state index >= 15 is 8.78 Å². The van der Waals surface area contributed by atoms with Crippen molar-refractivity contribution in [2.45, 2.75) is 75.5 Å². The minimum atomic E-state index is -5.88. The molecule has 1 N–H and O–H groups in total. The Balaban J connectivity index is 1.63. The first kappa shape index (κ1) is 27.4. The van der Waals surface area contributed by atoms with Gasteiger partial charge in [-0.25, -0.2) is 0 Å². The number of fused-ring (bicyclic) bond motifs is 4. The van der Waals surface area contributed by atoms with Crippen LogP contribution in [0.5, 0.6) is 0 Å². The van der Waals surface area contributed by atoms with Crippen molar-refractivity contribution >= 4 is 5.78 Å². The molecule has 39 heavy (non-hydrogen) atoms. The second kappa shape index (κ2) is 9.50. The van der Waals surface area contributed by atoms with Gasteiger partial charge >= 0.3 is 12.1 Å². The van der Waals surface area contributed by atoms with Gasteiger partial charge in [0.15, 0.2) is 5.78 Å². The third-order valence-electron chi connectivity index (χ3n) is 9.52. The summed E-state index contributed by atoms with van der Waals surface area (Å²) in [5.41, 5.74) is 7.81. The number of azide groups is 1. The van der Waals surface area contributed by atoms with Crippen LogP contribution in [0.2, 0.25) is 0 Å². The van der Waals surface area contributed by atoms with Gasteiger partial charge < -0.3 is 5.11 Å². The fraction of sp³-hybridized carbons (Fsp3) is 0.552. The zero-order valence-electron chi connectivity index (χ0n) is 21.4.